The highest BCUT2D eigenvalue weighted by atomic mass is 19.2. The molecule has 0 aliphatic carbocycles. The molecule has 0 atom stereocenters. The molecule has 6 aromatic rings. The molecule has 4 aromatic carbocycles. The normalized spacial score (nSPS) is 12.3. The van der Waals surface area contributed by atoms with Crippen LogP contribution >= 0.6 is 0 Å². The Balaban J connectivity index is 0.000000236. The van der Waals surface area contributed by atoms with Crippen LogP contribution in [0, 0.1) is 34.9 Å². The van der Waals surface area contributed by atoms with Crippen LogP contribution in [-0.2, 0) is 14.3 Å². The summed E-state index contributed by atoms with van der Waals surface area (Å²) in [4.78, 5) is 71.2. The van der Waals surface area contributed by atoms with Gasteiger partial charge in [-0.15, -0.1) is 0 Å². The number of nitrogens with zero attached hydrogens (tertiary/aromatic N) is 6. The number of hydrogen-bond acceptors (Lipinski definition) is 11. The fourth-order valence-electron chi connectivity index (χ4n) is 8.49. The summed E-state index contributed by atoms with van der Waals surface area (Å²) in [7, 11) is 3.51. The summed E-state index contributed by atoms with van der Waals surface area (Å²) >= 11 is 0. The van der Waals surface area contributed by atoms with Gasteiger partial charge in [0.2, 0.25) is 11.8 Å². The van der Waals surface area contributed by atoms with E-state index < -0.39 is 104 Å². The summed E-state index contributed by atoms with van der Waals surface area (Å²) in [5.74, 6) is -11.2. The largest absolute Gasteiger partial charge is 0.496 e. The van der Waals surface area contributed by atoms with Crippen molar-refractivity contribution in [3.8, 4) is 33.8 Å². The number of carbonyl (C=O) groups is 4. The van der Waals surface area contributed by atoms with Crippen molar-refractivity contribution in [3.05, 3.63) is 130 Å². The SMILES string of the molecule is COC(=O)c1cc(F)c(-c2c(F)cccc2OC)c(F)c1N(C(C)=O)c1c(C(C)C)ncnc1C(C)C.COc1cccc(F)c1-c1c(F)cc2c(c1F)N(c1c(C(C)C)ncnc1C(C)C)C(=O)CC2=O. The Kier molecular flexibility index (Phi) is 16.2. The van der Waals surface area contributed by atoms with Crippen LogP contribution in [0.3, 0.4) is 0 Å². The third kappa shape index (κ3) is 9.83. The summed E-state index contributed by atoms with van der Waals surface area (Å²) in [6.45, 7) is 15.9. The van der Waals surface area contributed by atoms with E-state index in [2.05, 4.69) is 19.9 Å². The zero-order chi connectivity index (χ0) is 53.2. The molecule has 2 aromatic heterocycles. The molecule has 72 heavy (non-hydrogen) atoms. The summed E-state index contributed by atoms with van der Waals surface area (Å²) in [5.41, 5.74) is -2.31. The molecule has 0 spiro atoms. The van der Waals surface area contributed by atoms with E-state index in [1.165, 1.54) is 51.1 Å². The maximum Gasteiger partial charge on any atom is 0.340 e. The molecule has 7 rings (SSSR count). The molecule has 2 amide bonds. The first kappa shape index (κ1) is 53.6. The number of fused-ring (bicyclic) bond motifs is 1. The Morgan fingerprint density at radius 1 is 0.583 bits per heavy atom. The quantitative estimate of drug-likeness (QED) is 0.0654. The lowest BCUT2D eigenvalue weighted by atomic mass is 9.91. The number of rotatable bonds is 12. The third-order valence-corrected chi connectivity index (χ3v) is 11.7. The van der Waals surface area contributed by atoms with Gasteiger partial charge >= 0.3 is 5.97 Å². The van der Waals surface area contributed by atoms with Gasteiger partial charge in [-0.1, -0.05) is 67.5 Å². The van der Waals surface area contributed by atoms with Crippen LogP contribution in [0.15, 0.2) is 61.2 Å². The van der Waals surface area contributed by atoms with E-state index >= 15 is 17.6 Å². The lowest BCUT2D eigenvalue weighted by molar-refractivity contribution is -0.117. The highest BCUT2D eigenvalue weighted by molar-refractivity contribution is 6.23. The van der Waals surface area contributed by atoms with Gasteiger partial charge in [0, 0.05) is 12.5 Å². The molecule has 0 radical (unpaired) electrons. The number of esters is 1. The first-order valence-corrected chi connectivity index (χ1v) is 22.7. The first-order valence-electron chi connectivity index (χ1n) is 22.7. The highest BCUT2D eigenvalue weighted by Crippen LogP contribution is 2.48. The van der Waals surface area contributed by atoms with E-state index in [-0.39, 0.29) is 52.1 Å². The average molecular weight is 999 g/mol. The first-order chi connectivity index (χ1) is 34.0. The summed E-state index contributed by atoms with van der Waals surface area (Å²) < 4.78 is 108. The molecule has 3 heterocycles. The Morgan fingerprint density at radius 3 is 1.46 bits per heavy atom. The molecule has 1 aliphatic heterocycles. The second-order valence-corrected chi connectivity index (χ2v) is 17.8. The molecule has 0 fully saturated rings. The van der Waals surface area contributed by atoms with Gasteiger partial charge in [0.05, 0.1) is 95.4 Å². The van der Waals surface area contributed by atoms with Crippen molar-refractivity contribution in [2.45, 2.75) is 92.4 Å². The predicted octanol–water partition coefficient (Wildman–Crippen LogP) is 12.4. The van der Waals surface area contributed by atoms with Crippen molar-refractivity contribution in [2.24, 2.45) is 0 Å². The number of amides is 2. The van der Waals surface area contributed by atoms with Crippen LogP contribution in [0.1, 0.15) is 136 Å². The number of halogens is 6. The van der Waals surface area contributed by atoms with Crippen LogP contribution < -0.4 is 19.3 Å². The number of ether oxygens (including phenoxy) is 3. The molecule has 13 nitrogen and oxygen atoms in total. The van der Waals surface area contributed by atoms with Gasteiger partial charge < -0.3 is 14.2 Å². The van der Waals surface area contributed by atoms with Crippen LogP contribution in [0.5, 0.6) is 11.5 Å². The zero-order valence-electron chi connectivity index (χ0n) is 41.6. The molecule has 0 N–H and O–H groups in total. The summed E-state index contributed by atoms with van der Waals surface area (Å²) in [6.07, 6.45) is 2.12. The van der Waals surface area contributed by atoms with E-state index in [4.69, 9.17) is 14.2 Å². The van der Waals surface area contributed by atoms with E-state index in [1.807, 2.05) is 55.4 Å². The highest BCUT2D eigenvalue weighted by Gasteiger charge is 2.41. The molecule has 0 unspecified atom stereocenters. The number of aromatic nitrogens is 4. The molecule has 0 saturated carbocycles. The Hall–Kier alpha value is -7.70. The van der Waals surface area contributed by atoms with Crippen molar-refractivity contribution in [2.75, 3.05) is 31.1 Å². The van der Waals surface area contributed by atoms with Gasteiger partial charge in [-0.3, -0.25) is 24.2 Å². The topological polar surface area (TPSA) is 154 Å². The minimum absolute atomic E-state index is 0.100. The number of methoxy groups -OCH3 is 3. The van der Waals surface area contributed by atoms with Crippen molar-refractivity contribution >= 4 is 46.3 Å². The van der Waals surface area contributed by atoms with E-state index in [0.29, 0.717) is 22.8 Å². The van der Waals surface area contributed by atoms with E-state index in [0.717, 1.165) is 48.1 Å². The maximum absolute atomic E-state index is 16.5. The van der Waals surface area contributed by atoms with Crippen molar-refractivity contribution < 1.29 is 59.7 Å². The van der Waals surface area contributed by atoms with E-state index in [9.17, 15) is 28.0 Å². The molecule has 0 saturated heterocycles. The van der Waals surface area contributed by atoms with Crippen molar-refractivity contribution in [3.63, 3.8) is 0 Å². The number of ketones is 1. The van der Waals surface area contributed by atoms with Gasteiger partial charge in [0.1, 0.15) is 53.1 Å². The lowest BCUT2D eigenvalue weighted by Crippen LogP contribution is -2.37. The fraction of sp³-hybridized carbons (Fsp3) is 0.321. The number of carbonyl (C=O) groups excluding carboxylic acids is 4. The fourth-order valence-corrected chi connectivity index (χ4v) is 8.49. The number of Topliss-reactive ketones (excluding diaryl/α,β-unsaturated/α-hetero) is 1. The second kappa shape index (κ2) is 21.7. The average Bonchev–Trinajstić information content (AvgIpc) is 3.32. The minimum Gasteiger partial charge on any atom is -0.496 e. The monoisotopic (exact) mass is 998 g/mol. The molecular formula is C53H52F6N6O7. The van der Waals surface area contributed by atoms with Gasteiger partial charge in [-0.2, -0.15) is 0 Å². The van der Waals surface area contributed by atoms with Crippen molar-refractivity contribution in [1.29, 1.82) is 0 Å². The Morgan fingerprint density at radius 2 is 1.03 bits per heavy atom. The number of hydrogen-bond donors (Lipinski definition) is 0. The molecular weight excluding hydrogens is 947 g/mol. The van der Waals surface area contributed by atoms with Crippen LogP contribution in [0.2, 0.25) is 0 Å². The molecule has 0 bridgehead atoms. The standard InChI is InChI=1S/C27H28F3N3O4.C26H24F3N3O3/c1-13(2)23-26(24(14(3)4)32-12-31-23)33(15(5)34)25-16(27(35)37-7)11-18(29)21(22(25)30)20-17(28)9-8-10-19(20)36-6;1-12(2)23-26(24(13(3)4)31-11-30-23)32-19(34)10-17(33)14-9-16(28)21(22(29)25(14)32)20-15(27)7-6-8-18(20)35-5/h8-14H,1-7H3;6-9,11-13H,10H2,1-5H3. The zero-order valence-corrected chi connectivity index (χ0v) is 41.6. The molecule has 378 valence electrons. The minimum atomic E-state index is -1.35. The smallest absolute Gasteiger partial charge is 0.340 e. The van der Waals surface area contributed by atoms with Gasteiger partial charge in [-0.25, -0.2) is 51.1 Å². The van der Waals surface area contributed by atoms with E-state index in [1.54, 1.807) is 0 Å². The summed E-state index contributed by atoms with van der Waals surface area (Å²) in [6, 6.07) is 9.00. The van der Waals surface area contributed by atoms with Crippen LogP contribution in [0.4, 0.5) is 49.1 Å². The van der Waals surface area contributed by atoms with Gasteiger partial charge in [-0.05, 0) is 60.1 Å². The predicted molar refractivity (Wildman–Crippen MR) is 257 cm³/mol. The van der Waals surface area contributed by atoms with Gasteiger partial charge in [0.25, 0.3) is 0 Å². The molecule has 1 aliphatic rings. The number of benzene rings is 4. The van der Waals surface area contributed by atoms with Crippen molar-refractivity contribution in [1.82, 2.24) is 19.9 Å². The Labute approximate surface area is 412 Å². The third-order valence-electron chi connectivity index (χ3n) is 11.7. The number of anilines is 4. The summed E-state index contributed by atoms with van der Waals surface area (Å²) in [5, 5.41) is 0. The maximum atomic E-state index is 16.5. The molecule has 19 heteroatoms. The second-order valence-electron chi connectivity index (χ2n) is 17.8. The van der Waals surface area contributed by atoms with Gasteiger partial charge in [0.15, 0.2) is 17.4 Å². The lowest BCUT2D eigenvalue weighted by Gasteiger charge is -2.33. The Bertz CT molecular complexity index is 3080. The van der Waals surface area contributed by atoms with Crippen LogP contribution in [0.25, 0.3) is 22.3 Å². The van der Waals surface area contributed by atoms with Crippen LogP contribution in [-0.4, -0.2) is 64.8 Å².